The minimum absolute atomic E-state index is 0.0612. The lowest BCUT2D eigenvalue weighted by molar-refractivity contribution is -0.147. The number of amides is 2. The molecule has 1 aliphatic carbocycles. The minimum atomic E-state index is -0.779. The van der Waals surface area contributed by atoms with Crippen LogP contribution in [0.2, 0.25) is 0 Å². The van der Waals surface area contributed by atoms with Crippen LogP contribution >= 0.6 is 0 Å². The van der Waals surface area contributed by atoms with E-state index in [9.17, 15) is 19.5 Å². The lowest BCUT2D eigenvalue weighted by atomic mass is 9.84. The van der Waals surface area contributed by atoms with E-state index in [1.165, 1.54) is 0 Å². The van der Waals surface area contributed by atoms with Gasteiger partial charge in [-0.3, -0.25) is 14.4 Å². The van der Waals surface area contributed by atoms with E-state index in [1.807, 2.05) is 72.2 Å². The van der Waals surface area contributed by atoms with Gasteiger partial charge in [-0.25, -0.2) is 0 Å². The first-order valence-corrected chi connectivity index (χ1v) is 13.2. The Balaban J connectivity index is 1.50. The summed E-state index contributed by atoms with van der Waals surface area (Å²) in [5.74, 6) is -0.882. The van der Waals surface area contributed by atoms with Crippen LogP contribution in [0, 0.1) is 5.41 Å². The summed E-state index contributed by atoms with van der Waals surface area (Å²) in [7, 11) is 0. The number of likely N-dealkylation sites (N-methyl/N-ethyl adjacent to an activating group) is 1. The number of fused-ring (bicyclic) bond motifs is 1. The zero-order chi connectivity index (χ0) is 26.0. The van der Waals surface area contributed by atoms with Crippen LogP contribution in [-0.2, 0) is 16.0 Å². The number of nitrogens with zero attached hydrogens (tertiary/aromatic N) is 2. The van der Waals surface area contributed by atoms with E-state index in [4.69, 9.17) is 0 Å². The Kier molecular flexibility index (Phi) is 7.53. The summed E-state index contributed by atoms with van der Waals surface area (Å²) in [4.78, 5) is 42.3. The number of anilines is 1. The van der Waals surface area contributed by atoms with Crippen LogP contribution in [0.4, 0.5) is 5.69 Å². The molecule has 1 N–H and O–H groups in total. The van der Waals surface area contributed by atoms with Crippen molar-refractivity contribution in [2.75, 3.05) is 11.4 Å². The molecule has 1 aliphatic heterocycles. The van der Waals surface area contributed by atoms with E-state index < -0.39 is 11.4 Å². The third-order valence-electron chi connectivity index (χ3n) is 7.76. The van der Waals surface area contributed by atoms with Crippen LogP contribution < -0.4 is 4.90 Å². The highest BCUT2D eigenvalue weighted by Crippen LogP contribution is 2.41. The monoisotopic (exact) mass is 490 g/mol. The second-order valence-corrected chi connectivity index (χ2v) is 11.0. The van der Waals surface area contributed by atoms with Crippen LogP contribution in [0.5, 0.6) is 0 Å². The predicted octanol–water partition coefficient (Wildman–Crippen LogP) is 5.65. The van der Waals surface area contributed by atoms with Gasteiger partial charge in [0.2, 0.25) is 5.91 Å². The van der Waals surface area contributed by atoms with E-state index in [0.29, 0.717) is 24.4 Å². The fourth-order valence-corrected chi connectivity index (χ4v) is 5.33. The number of carboxylic acid groups (broad SMARTS) is 1. The molecule has 2 aliphatic rings. The number of aryl methyl sites for hydroxylation is 1. The highest BCUT2D eigenvalue weighted by Gasteiger charge is 2.41. The summed E-state index contributed by atoms with van der Waals surface area (Å²) in [6.07, 6.45) is 4.92. The second kappa shape index (κ2) is 10.5. The Labute approximate surface area is 214 Å². The number of aliphatic carboxylic acids is 1. The molecule has 6 nitrogen and oxygen atoms in total. The topological polar surface area (TPSA) is 77.9 Å². The molecule has 0 radical (unpaired) electrons. The van der Waals surface area contributed by atoms with Crippen LogP contribution in [-0.4, -0.2) is 46.4 Å². The molecule has 2 atom stereocenters. The second-order valence-electron chi connectivity index (χ2n) is 11.0. The normalized spacial score (nSPS) is 19.5. The molecule has 0 unspecified atom stereocenters. The van der Waals surface area contributed by atoms with E-state index in [1.54, 1.807) is 13.8 Å². The maximum absolute atomic E-state index is 13.7. The van der Waals surface area contributed by atoms with Gasteiger partial charge in [0.05, 0.1) is 11.3 Å². The Morgan fingerprint density at radius 1 is 1.06 bits per heavy atom. The van der Waals surface area contributed by atoms with Gasteiger partial charge in [-0.15, -0.1) is 0 Å². The largest absolute Gasteiger partial charge is 0.481 e. The van der Waals surface area contributed by atoms with E-state index in [0.717, 1.165) is 49.0 Å². The van der Waals surface area contributed by atoms with Gasteiger partial charge >= 0.3 is 5.97 Å². The Bertz CT molecular complexity index is 1120. The molecule has 36 heavy (non-hydrogen) atoms. The Morgan fingerprint density at radius 3 is 2.33 bits per heavy atom. The lowest BCUT2D eigenvalue weighted by Crippen LogP contribution is -2.47. The van der Waals surface area contributed by atoms with E-state index >= 15 is 0 Å². The van der Waals surface area contributed by atoms with Crippen molar-refractivity contribution in [3.05, 3.63) is 65.2 Å². The van der Waals surface area contributed by atoms with Crippen molar-refractivity contribution in [3.8, 4) is 0 Å². The van der Waals surface area contributed by atoms with Crippen molar-refractivity contribution in [2.24, 2.45) is 5.41 Å². The number of hydrogen-bond donors (Lipinski definition) is 1. The van der Waals surface area contributed by atoms with E-state index in [-0.39, 0.29) is 23.8 Å². The fraction of sp³-hybridized carbons (Fsp3) is 0.500. The number of carbonyl (C=O) groups is 3. The van der Waals surface area contributed by atoms with Crippen LogP contribution in [0.25, 0.3) is 0 Å². The SMILES string of the molecule is CCN(C(=O)[C@H]1C[C@H](C)N(C(=O)c2ccc(CCCC(C)(C)C(=O)O)cc2)c2ccccc21)C1CC1. The molecule has 4 rings (SSSR count). The van der Waals surface area contributed by atoms with Crippen molar-refractivity contribution < 1.29 is 19.5 Å². The summed E-state index contributed by atoms with van der Waals surface area (Å²) in [5.41, 5.74) is 2.73. The molecule has 2 aromatic carbocycles. The maximum atomic E-state index is 13.7. The van der Waals surface area contributed by atoms with Gasteiger partial charge in [0.1, 0.15) is 0 Å². The molecular weight excluding hydrogens is 452 g/mol. The van der Waals surface area contributed by atoms with Crippen molar-refractivity contribution in [1.82, 2.24) is 4.90 Å². The van der Waals surface area contributed by atoms with Gasteiger partial charge < -0.3 is 14.9 Å². The van der Waals surface area contributed by atoms with Gasteiger partial charge in [0.25, 0.3) is 5.91 Å². The lowest BCUT2D eigenvalue weighted by Gasteiger charge is -2.40. The van der Waals surface area contributed by atoms with Crippen molar-refractivity contribution in [3.63, 3.8) is 0 Å². The molecule has 1 fully saturated rings. The van der Waals surface area contributed by atoms with Crippen molar-refractivity contribution >= 4 is 23.5 Å². The first-order chi connectivity index (χ1) is 17.1. The molecule has 0 saturated heterocycles. The molecule has 0 bridgehead atoms. The number of benzene rings is 2. The number of hydrogen-bond acceptors (Lipinski definition) is 3. The zero-order valence-electron chi connectivity index (χ0n) is 21.9. The highest BCUT2D eigenvalue weighted by atomic mass is 16.4. The first-order valence-electron chi connectivity index (χ1n) is 13.2. The Morgan fingerprint density at radius 2 is 1.72 bits per heavy atom. The number of para-hydroxylation sites is 1. The first kappa shape index (κ1) is 25.9. The average Bonchev–Trinajstić information content (AvgIpc) is 3.69. The van der Waals surface area contributed by atoms with Gasteiger partial charge in [-0.05, 0) is 95.5 Å². The predicted molar refractivity (Wildman–Crippen MR) is 141 cm³/mol. The maximum Gasteiger partial charge on any atom is 0.309 e. The van der Waals surface area contributed by atoms with Crippen LogP contribution in [0.3, 0.4) is 0 Å². The molecule has 1 heterocycles. The Hall–Kier alpha value is -3.15. The zero-order valence-corrected chi connectivity index (χ0v) is 21.9. The van der Waals surface area contributed by atoms with Gasteiger partial charge in [-0.1, -0.05) is 30.3 Å². The van der Waals surface area contributed by atoms with Gasteiger partial charge in [0.15, 0.2) is 0 Å². The smallest absolute Gasteiger partial charge is 0.309 e. The minimum Gasteiger partial charge on any atom is -0.481 e. The number of rotatable bonds is 9. The van der Waals surface area contributed by atoms with Crippen LogP contribution in [0.15, 0.2) is 48.5 Å². The van der Waals surface area contributed by atoms with E-state index in [2.05, 4.69) is 0 Å². The summed E-state index contributed by atoms with van der Waals surface area (Å²) >= 11 is 0. The van der Waals surface area contributed by atoms with Crippen molar-refractivity contribution in [1.29, 1.82) is 0 Å². The summed E-state index contributed by atoms with van der Waals surface area (Å²) in [5, 5.41) is 9.30. The quantitative estimate of drug-likeness (QED) is 0.492. The molecule has 1 saturated carbocycles. The molecule has 0 spiro atoms. The van der Waals surface area contributed by atoms with Crippen LogP contribution in [0.1, 0.15) is 87.2 Å². The average molecular weight is 491 g/mol. The summed E-state index contributed by atoms with van der Waals surface area (Å²) in [6.45, 7) is 8.29. The third kappa shape index (κ3) is 5.32. The van der Waals surface area contributed by atoms with Gasteiger partial charge in [0, 0.05) is 29.9 Å². The number of carbonyl (C=O) groups excluding carboxylic acids is 2. The number of carboxylic acids is 1. The summed E-state index contributed by atoms with van der Waals surface area (Å²) < 4.78 is 0. The summed E-state index contributed by atoms with van der Waals surface area (Å²) in [6, 6.07) is 15.7. The molecule has 192 valence electrons. The van der Waals surface area contributed by atoms with Crippen molar-refractivity contribution in [2.45, 2.75) is 84.2 Å². The standard InChI is InChI=1S/C30H38N2O4/c1-5-31(23-16-17-23)28(34)25-19-20(2)32(26-11-7-6-10-24(25)26)27(33)22-14-12-21(13-15-22)9-8-18-30(3,4)29(35)36/h6-7,10-15,20,23,25H,5,8-9,16-19H2,1-4H3,(H,35,36)/t20-,25-/m0/s1. The van der Waals surface area contributed by atoms with Gasteiger partial charge in [-0.2, -0.15) is 0 Å². The molecular formula is C30H38N2O4. The third-order valence-corrected chi connectivity index (χ3v) is 7.76. The molecule has 2 amide bonds. The highest BCUT2D eigenvalue weighted by molar-refractivity contribution is 6.08. The molecule has 6 heteroatoms. The fourth-order valence-electron chi connectivity index (χ4n) is 5.33. The molecule has 0 aromatic heterocycles. The molecule has 2 aromatic rings.